The third-order valence-electron chi connectivity index (χ3n) is 2.07. The first kappa shape index (κ1) is 6.09. The van der Waals surface area contributed by atoms with Gasteiger partial charge < -0.3 is 4.74 Å². The molecule has 1 aliphatic heterocycles. The lowest BCUT2D eigenvalue weighted by Crippen LogP contribution is -2.22. The van der Waals surface area contributed by atoms with Crippen LogP contribution < -0.4 is 0 Å². The van der Waals surface area contributed by atoms with Gasteiger partial charge in [0.15, 0.2) is 0 Å². The average molecular weight is 114 g/mol. The Kier molecular flexibility index (Phi) is 1.90. The van der Waals surface area contributed by atoms with Crippen LogP contribution in [-0.2, 0) is 4.74 Å². The minimum atomic E-state index is 0.781. The van der Waals surface area contributed by atoms with Crippen LogP contribution in [0.3, 0.4) is 0 Å². The lowest BCUT2D eigenvalue weighted by atomic mass is 9.92. The Morgan fingerprint density at radius 3 is 2.38 bits per heavy atom. The van der Waals surface area contributed by atoms with E-state index in [0.29, 0.717) is 0 Å². The van der Waals surface area contributed by atoms with Crippen LogP contribution in [0.25, 0.3) is 0 Å². The predicted octanol–water partition coefficient (Wildman–Crippen LogP) is 1.68. The van der Waals surface area contributed by atoms with E-state index in [1.807, 2.05) is 0 Å². The molecule has 0 bridgehead atoms. The normalized spacial score (nSPS) is 39.8. The molecule has 1 aliphatic rings. The van der Waals surface area contributed by atoms with Gasteiger partial charge in [-0.2, -0.15) is 0 Å². The van der Waals surface area contributed by atoms with Gasteiger partial charge in [-0.15, -0.1) is 0 Å². The van der Waals surface area contributed by atoms with Gasteiger partial charge in [-0.1, -0.05) is 13.8 Å². The lowest BCUT2D eigenvalue weighted by molar-refractivity contribution is 0.0303. The third-order valence-corrected chi connectivity index (χ3v) is 2.07. The molecule has 0 spiro atoms. The summed E-state index contributed by atoms with van der Waals surface area (Å²) in [5.41, 5.74) is 0. The van der Waals surface area contributed by atoms with E-state index in [4.69, 9.17) is 4.74 Å². The molecule has 0 aromatic heterocycles. The van der Waals surface area contributed by atoms with Crippen molar-refractivity contribution in [1.82, 2.24) is 0 Å². The topological polar surface area (TPSA) is 9.23 Å². The minimum absolute atomic E-state index is 0.781. The van der Waals surface area contributed by atoms with Crippen molar-refractivity contribution in [1.29, 1.82) is 0 Å². The zero-order valence-corrected chi connectivity index (χ0v) is 5.68. The molecular weight excluding hydrogens is 100 g/mol. The van der Waals surface area contributed by atoms with Crippen LogP contribution in [0, 0.1) is 11.8 Å². The van der Waals surface area contributed by atoms with Crippen molar-refractivity contribution < 1.29 is 4.74 Å². The molecule has 0 aromatic carbocycles. The SMILES string of the molecule is CC1COCC[C@H]1C. The molecular formula is C7H14O. The van der Waals surface area contributed by atoms with Crippen molar-refractivity contribution in [2.24, 2.45) is 11.8 Å². The second kappa shape index (κ2) is 2.49. The maximum atomic E-state index is 5.25. The molecule has 1 rings (SSSR count). The molecule has 0 aliphatic carbocycles. The molecule has 0 aromatic rings. The van der Waals surface area contributed by atoms with Gasteiger partial charge in [0.25, 0.3) is 0 Å². The third kappa shape index (κ3) is 1.22. The summed E-state index contributed by atoms with van der Waals surface area (Å²) in [6, 6.07) is 0. The molecule has 0 amide bonds. The molecule has 1 fully saturated rings. The maximum Gasteiger partial charge on any atom is 0.0494 e. The van der Waals surface area contributed by atoms with E-state index in [2.05, 4.69) is 13.8 Å². The van der Waals surface area contributed by atoms with Crippen molar-refractivity contribution >= 4 is 0 Å². The van der Waals surface area contributed by atoms with E-state index in [1.165, 1.54) is 6.42 Å². The minimum Gasteiger partial charge on any atom is -0.381 e. The van der Waals surface area contributed by atoms with Crippen molar-refractivity contribution in [2.75, 3.05) is 13.2 Å². The molecule has 0 saturated carbocycles. The van der Waals surface area contributed by atoms with Gasteiger partial charge in [-0.25, -0.2) is 0 Å². The van der Waals surface area contributed by atoms with Crippen LogP contribution in [0.5, 0.6) is 0 Å². The van der Waals surface area contributed by atoms with Crippen LogP contribution in [0.4, 0.5) is 0 Å². The highest BCUT2D eigenvalue weighted by atomic mass is 16.5. The van der Waals surface area contributed by atoms with E-state index < -0.39 is 0 Å². The molecule has 1 unspecified atom stereocenters. The summed E-state index contributed by atoms with van der Waals surface area (Å²) in [6.07, 6.45) is 1.25. The Labute approximate surface area is 51.0 Å². The number of ether oxygens (including phenoxy) is 1. The van der Waals surface area contributed by atoms with Crippen LogP contribution in [0.15, 0.2) is 0 Å². The molecule has 48 valence electrons. The fraction of sp³-hybridized carbons (Fsp3) is 1.00. The summed E-state index contributed by atoms with van der Waals surface area (Å²) in [5.74, 6) is 1.66. The second-order valence-electron chi connectivity index (χ2n) is 2.82. The van der Waals surface area contributed by atoms with Gasteiger partial charge in [-0.05, 0) is 18.3 Å². The van der Waals surface area contributed by atoms with Gasteiger partial charge in [0.1, 0.15) is 0 Å². The molecule has 0 radical (unpaired) electrons. The fourth-order valence-corrected chi connectivity index (χ4v) is 0.987. The summed E-state index contributed by atoms with van der Waals surface area (Å²) in [5, 5.41) is 0. The van der Waals surface area contributed by atoms with E-state index in [0.717, 1.165) is 25.0 Å². The highest BCUT2D eigenvalue weighted by molar-refractivity contribution is 4.64. The number of hydrogen-bond acceptors (Lipinski definition) is 1. The van der Waals surface area contributed by atoms with Gasteiger partial charge in [-0.3, -0.25) is 0 Å². The zero-order valence-electron chi connectivity index (χ0n) is 5.68. The first-order valence-electron chi connectivity index (χ1n) is 3.38. The predicted molar refractivity (Wildman–Crippen MR) is 33.8 cm³/mol. The molecule has 8 heavy (non-hydrogen) atoms. The molecule has 0 N–H and O–H groups in total. The average Bonchev–Trinajstić information content (AvgIpc) is 1.77. The Morgan fingerprint density at radius 1 is 1.25 bits per heavy atom. The van der Waals surface area contributed by atoms with Crippen molar-refractivity contribution in [3.8, 4) is 0 Å². The second-order valence-corrected chi connectivity index (χ2v) is 2.82. The van der Waals surface area contributed by atoms with Crippen molar-refractivity contribution in [2.45, 2.75) is 20.3 Å². The van der Waals surface area contributed by atoms with E-state index >= 15 is 0 Å². The van der Waals surface area contributed by atoms with Gasteiger partial charge in [0.05, 0.1) is 0 Å². The number of rotatable bonds is 0. The highest BCUT2D eigenvalue weighted by Crippen LogP contribution is 2.19. The highest BCUT2D eigenvalue weighted by Gasteiger charge is 2.16. The van der Waals surface area contributed by atoms with Crippen molar-refractivity contribution in [3.63, 3.8) is 0 Å². The quantitative estimate of drug-likeness (QED) is 0.465. The van der Waals surface area contributed by atoms with Crippen LogP contribution >= 0.6 is 0 Å². The molecule has 1 heterocycles. The van der Waals surface area contributed by atoms with Crippen LogP contribution in [-0.4, -0.2) is 13.2 Å². The molecule has 1 heteroatoms. The smallest absolute Gasteiger partial charge is 0.0494 e. The zero-order chi connectivity index (χ0) is 5.98. The Balaban J connectivity index is 2.28. The van der Waals surface area contributed by atoms with E-state index in [9.17, 15) is 0 Å². The summed E-state index contributed by atoms with van der Waals surface area (Å²) < 4.78 is 5.25. The maximum absolute atomic E-state index is 5.25. The first-order valence-corrected chi connectivity index (χ1v) is 3.38. The largest absolute Gasteiger partial charge is 0.381 e. The monoisotopic (exact) mass is 114 g/mol. The standard InChI is InChI=1S/C7H14O/c1-6-3-4-8-5-7(6)2/h6-7H,3-5H2,1-2H3/t6-,7?/m1/s1. The Bertz CT molecular complexity index is 60.8. The Morgan fingerprint density at radius 2 is 2.00 bits per heavy atom. The summed E-state index contributed by atoms with van der Waals surface area (Å²) in [6.45, 7) is 6.50. The van der Waals surface area contributed by atoms with Crippen LogP contribution in [0.1, 0.15) is 20.3 Å². The summed E-state index contributed by atoms with van der Waals surface area (Å²) in [7, 11) is 0. The lowest BCUT2D eigenvalue weighted by Gasteiger charge is -2.24. The fourth-order valence-electron chi connectivity index (χ4n) is 0.987. The summed E-state index contributed by atoms with van der Waals surface area (Å²) >= 11 is 0. The Hall–Kier alpha value is -0.0400. The van der Waals surface area contributed by atoms with Crippen LogP contribution in [0.2, 0.25) is 0 Å². The van der Waals surface area contributed by atoms with Crippen molar-refractivity contribution in [3.05, 3.63) is 0 Å². The van der Waals surface area contributed by atoms with Gasteiger partial charge in [0, 0.05) is 13.2 Å². The molecule has 1 nitrogen and oxygen atoms in total. The van der Waals surface area contributed by atoms with E-state index in [-0.39, 0.29) is 0 Å². The van der Waals surface area contributed by atoms with Gasteiger partial charge >= 0.3 is 0 Å². The van der Waals surface area contributed by atoms with E-state index in [1.54, 1.807) is 0 Å². The molecule has 1 saturated heterocycles. The summed E-state index contributed by atoms with van der Waals surface area (Å²) in [4.78, 5) is 0. The first-order chi connectivity index (χ1) is 3.80. The van der Waals surface area contributed by atoms with Gasteiger partial charge in [0.2, 0.25) is 0 Å². The molecule has 2 atom stereocenters. The number of hydrogen-bond donors (Lipinski definition) is 0.